The van der Waals surface area contributed by atoms with Crippen LogP contribution in [0, 0.1) is 0 Å². The van der Waals surface area contributed by atoms with E-state index in [-0.39, 0.29) is 11.9 Å². The molecule has 1 saturated carbocycles. The van der Waals surface area contributed by atoms with E-state index in [0.717, 1.165) is 49.2 Å². The molecule has 35 heavy (non-hydrogen) atoms. The number of carbonyl (C=O) groups is 1. The maximum absolute atomic E-state index is 12.7. The molecule has 4 N–H and O–H groups in total. The van der Waals surface area contributed by atoms with E-state index in [1.807, 2.05) is 24.3 Å². The van der Waals surface area contributed by atoms with Gasteiger partial charge in [-0.25, -0.2) is 9.97 Å². The van der Waals surface area contributed by atoms with Gasteiger partial charge in [0, 0.05) is 24.1 Å². The quantitative estimate of drug-likeness (QED) is 0.418. The summed E-state index contributed by atoms with van der Waals surface area (Å²) in [5, 5.41) is 6.14. The van der Waals surface area contributed by atoms with Crippen LogP contribution in [0.25, 0.3) is 5.57 Å². The van der Waals surface area contributed by atoms with Gasteiger partial charge in [-0.15, -0.1) is 0 Å². The Morgan fingerprint density at radius 1 is 1.00 bits per heavy atom. The molecule has 4 rings (SSSR count). The number of aromatic nitrogens is 2. The van der Waals surface area contributed by atoms with E-state index in [2.05, 4.69) is 27.5 Å². The number of halogens is 3. The summed E-state index contributed by atoms with van der Waals surface area (Å²) in [4.78, 5) is 20.3. The average Bonchev–Trinajstić information content (AvgIpc) is 2.84. The highest BCUT2D eigenvalue weighted by atomic mass is 19.4. The molecule has 1 aromatic carbocycles. The number of nitrogens with zero attached hydrogens (tertiary/aromatic N) is 2. The van der Waals surface area contributed by atoms with Crippen molar-refractivity contribution in [1.82, 2.24) is 15.3 Å². The van der Waals surface area contributed by atoms with E-state index >= 15 is 0 Å². The van der Waals surface area contributed by atoms with Crippen LogP contribution >= 0.6 is 0 Å². The van der Waals surface area contributed by atoms with Gasteiger partial charge >= 0.3 is 6.18 Å². The number of pyridine rings is 2. The lowest BCUT2D eigenvalue weighted by molar-refractivity contribution is -0.137. The minimum atomic E-state index is -4.41. The SMILES string of the molecule is CC(=C1CCC(NC(=O)c2ccc(N)nc2)CC1)c1cccc(Nc2ccc(C(F)(F)F)cn2)c1. The Kier molecular flexibility index (Phi) is 7.04. The van der Waals surface area contributed by atoms with E-state index < -0.39 is 11.7 Å². The number of carbonyl (C=O) groups excluding carboxylic acids is 1. The van der Waals surface area contributed by atoms with Crippen LogP contribution in [0.4, 0.5) is 30.5 Å². The minimum Gasteiger partial charge on any atom is -0.384 e. The second kappa shape index (κ2) is 10.2. The Morgan fingerprint density at radius 3 is 2.40 bits per heavy atom. The predicted octanol–water partition coefficient (Wildman–Crippen LogP) is 5.97. The highest BCUT2D eigenvalue weighted by Gasteiger charge is 2.30. The Labute approximate surface area is 201 Å². The van der Waals surface area contributed by atoms with Gasteiger partial charge in [-0.2, -0.15) is 13.2 Å². The van der Waals surface area contributed by atoms with Crippen LogP contribution in [0.2, 0.25) is 0 Å². The Balaban J connectivity index is 1.38. The summed E-state index contributed by atoms with van der Waals surface area (Å²) in [5.41, 5.74) is 9.56. The molecular weight excluding hydrogens is 455 g/mol. The summed E-state index contributed by atoms with van der Waals surface area (Å²) in [7, 11) is 0. The largest absolute Gasteiger partial charge is 0.417 e. The van der Waals surface area contributed by atoms with Crippen molar-refractivity contribution in [1.29, 1.82) is 0 Å². The van der Waals surface area contributed by atoms with Crippen LogP contribution in [0.3, 0.4) is 0 Å². The van der Waals surface area contributed by atoms with Crippen LogP contribution < -0.4 is 16.4 Å². The van der Waals surface area contributed by atoms with Crippen molar-refractivity contribution in [3.05, 3.63) is 83.2 Å². The Morgan fingerprint density at radius 2 is 1.77 bits per heavy atom. The van der Waals surface area contributed by atoms with Gasteiger partial charge in [-0.1, -0.05) is 17.7 Å². The standard InChI is InChI=1S/C26H26F3N5O/c1-16(17-5-9-21(10-6-17)34-25(35)19-7-11-23(30)31-14-19)18-3-2-4-22(13-18)33-24-12-8-20(15-32-24)26(27,28)29/h2-4,7-8,11-15,21H,5-6,9-10H2,1H3,(H2,30,31)(H,32,33)(H,34,35). The zero-order valence-electron chi connectivity index (χ0n) is 19.2. The van der Waals surface area contributed by atoms with Crippen LogP contribution in [-0.4, -0.2) is 21.9 Å². The molecule has 0 aliphatic heterocycles. The number of nitrogens with one attached hydrogen (secondary N) is 2. The molecule has 1 fully saturated rings. The summed E-state index contributed by atoms with van der Waals surface area (Å²) >= 11 is 0. The van der Waals surface area contributed by atoms with Gasteiger partial charge in [0.05, 0.1) is 11.1 Å². The first-order valence-electron chi connectivity index (χ1n) is 11.3. The van der Waals surface area contributed by atoms with Gasteiger partial charge in [0.15, 0.2) is 0 Å². The number of amides is 1. The van der Waals surface area contributed by atoms with E-state index in [1.54, 1.807) is 12.1 Å². The fourth-order valence-corrected chi connectivity index (χ4v) is 4.11. The van der Waals surface area contributed by atoms with Crippen LogP contribution in [0.5, 0.6) is 0 Å². The third-order valence-electron chi connectivity index (χ3n) is 6.16. The highest BCUT2D eigenvalue weighted by Crippen LogP contribution is 2.32. The zero-order valence-corrected chi connectivity index (χ0v) is 19.2. The molecule has 9 heteroatoms. The van der Waals surface area contributed by atoms with Gasteiger partial charge in [-0.3, -0.25) is 4.79 Å². The third kappa shape index (κ3) is 6.17. The Bertz CT molecular complexity index is 1210. The lowest BCUT2D eigenvalue weighted by Crippen LogP contribution is -2.36. The summed E-state index contributed by atoms with van der Waals surface area (Å²) in [6.07, 6.45) is 1.31. The maximum atomic E-state index is 12.7. The van der Waals surface area contributed by atoms with Gasteiger partial charge in [0.25, 0.3) is 5.91 Å². The number of benzene rings is 1. The highest BCUT2D eigenvalue weighted by molar-refractivity contribution is 5.94. The molecule has 2 heterocycles. The van der Waals surface area contributed by atoms with Crippen molar-refractivity contribution in [3.8, 4) is 0 Å². The molecule has 1 aliphatic carbocycles. The molecule has 182 valence electrons. The summed E-state index contributed by atoms with van der Waals surface area (Å²) in [5.74, 6) is 0.565. The van der Waals surface area contributed by atoms with Gasteiger partial charge in [0.2, 0.25) is 0 Å². The molecule has 1 aliphatic rings. The molecule has 0 radical (unpaired) electrons. The fraction of sp³-hybridized carbons (Fsp3) is 0.269. The molecule has 2 aromatic heterocycles. The summed E-state index contributed by atoms with van der Waals surface area (Å²) in [6.45, 7) is 2.07. The van der Waals surface area contributed by atoms with Crippen molar-refractivity contribution in [2.24, 2.45) is 0 Å². The normalized spacial score (nSPS) is 16.0. The number of rotatable bonds is 5. The topological polar surface area (TPSA) is 92.9 Å². The second-order valence-electron chi connectivity index (χ2n) is 8.58. The average molecular weight is 482 g/mol. The zero-order chi connectivity index (χ0) is 25.0. The van der Waals surface area contributed by atoms with Crippen molar-refractivity contribution < 1.29 is 18.0 Å². The number of allylic oxidation sites excluding steroid dienone is 2. The molecule has 0 atom stereocenters. The van der Waals surface area contributed by atoms with E-state index in [0.29, 0.717) is 17.2 Å². The van der Waals surface area contributed by atoms with Gasteiger partial charge in [0.1, 0.15) is 11.6 Å². The first kappa shape index (κ1) is 24.3. The number of alkyl halides is 3. The number of nitrogens with two attached hydrogens (primary N) is 1. The molecule has 0 spiro atoms. The van der Waals surface area contributed by atoms with Crippen molar-refractivity contribution in [3.63, 3.8) is 0 Å². The minimum absolute atomic E-state index is 0.0929. The number of hydrogen-bond acceptors (Lipinski definition) is 5. The number of nitrogen functional groups attached to an aromatic ring is 1. The van der Waals surface area contributed by atoms with Crippen LogP contribution in [0.15, 0.2) is 66.5 Å². The lowest BCUT2D eigenvalue weighted by atomic mass is 9.86. The number of anilines is 3. The lowest BCUT2D eigenvalue weighted by Gasteiger charge is -2.26. The van der Waals surface area contributed by atoms with Crippen molar-refractivity contribution in [2.75, 3.05) is 11.1 Å². The molecule has 0 saturated heterocycles. The van der Waals surface area contributed by atoms with Crippen LogP contribution in [0.1, 0.15) is 54.1 Å². The molecule has 0 bridgehead atoms. The first-order valence-corrected chi connectivity index (χ1v) is 11.3. The number of hydrogen-bond donors (Lipinski definition) is 3. The van der Waals surface area contributed by atoms with Crippen molar-refractivity contribution in [2.45, 2.75) is 44.8 Å². The summed E-state index contributed by atoms with van der Waals surface area (Å²) in [6, 6.07) is 13.4. The first-order chi connectivity index (χ1) is 16.7. The maximum Gasteiger partial charge on any atom is 0.417 e. The van der Waals surface area contributed by atoms with E-state index in [4.69, 9.17) is 5.73 Å². The van der Waals surface area contributed by atoms with Crippen molar-refractivity contribution >= 4 is 28.8 Å². The second-order valence-corrected chi connectivity index (χ2v) is 8.58. The molecule has 6 nitrogen and oxygen atoms in total. The van der Waals surface area contributed by atoms with E-state index in [1.165, 1.54) is 23.4 Å². The van der Waals surface area contributed by atoms with Gasteiger partial charge in [-0.05, 0) is 80.1 Å². The molecule has 1 amide bonds. The smallest absolute Gasteiger partial charge is 0.384 e. The molecule has 3 aromatic rings. The summed E-state index contributed by atoms with van der Waals surface area (Å²) < 4.78 is 38.2. The van der Waals surface area contributed by atoms with E-state index in [9.17, 15) is 18.0 Å². The Hall–Kier alpha value is -3.88. The van der Waals surface area contributed by atoms with Crippen LogP contribution in [-0.2, 0) is 6.18 Å². The molecule has 0 unspecified atom stereocenters. The fourth-order valence-electron chi connectivity index (χ4n) is 4.11. The molecular formula is C26H26F3N5O. The third-order valence-corrected chi connectivity index (χ3v) is 6.16. The predicted molar refractivity (Wildman–Crippen MR) is 130 cm³/mol. The van der Waals surface area contributed by atoms with Gasteiger partial charge < -0.3 is 16.4 Å². The monoisotopic (exact) mass is 481 g/mol.